The molecule has 0 spiro atoms. The predicted octanol–water partition coefficient (Wildman–Crippen LogP) is -0.0206. The molecule has 114 valence electrons. The van der Waals surface area contributed by atoms with Gasteiger partial charge in [0.25, 0.3) is 10.0 Å². The van der Waals surface area contributed by atoms with Crippen molar-refractivity contribution in [1.82, 2.24) is 14.3 Å². The summed E-state index contributed by atoms with van der Waals surface area (Å²) >= 11 is 0. The third kappa shape index (κ3) is 4.02. The summed E-state index contributed by atoms with van der Waals surface area (Å²) in [6.07, 6.45) is 2.23. The highest BCUT2D eigenvalue weighted by Gasteiger charge is 2.27. The van der Waals surface area contributed by atoms with Gasteiger partial charge in [0.15, 0.2) is 5.03 Å². The average molecular weight is 305 g/mol. The van der Waals surface area contributed by atoms with Gasteiger partial charge in [0.05, 0.1) is 6.61 Å². The normalized spacial score (nSPS) is 13.3. The lowest BCUT2D eigenvalue weighted by Gasteiger charge is -2.12. The van der Waals surface area contributed by atoms with Gasteiger partial charge in [-0.05, 0) is 13.3 Å². The van der Waals surface area contributed by atoms with Crippen LogP contribution in [0.1, 0.15) is 19.2 Å². The van der Waals surface area contributed by atoms with Crippen LogP contribution in [0.15, 0.2) is 11.2 Å². The maximum atomic E-state index is 12.1. The van der Waals surface area contributed by atoms with Crippen molar-refractivity contribution in [2.75, 3.05) is 13.7 Å². The summed E-state index contributed by atoms with van der Waals surface area (Å²) in [5.41, 5.74) is 0. The largest absolute Gasteiger partial charge is 0.480 e. The Kier molecular flexibility index (Phi) is 5.66. The first-order valence-electron chi connectivity index (χ1n) is 6.09. The van der Waals surface area contributed by atoms with Crippen molar-refractivity contribution in [1.29, 1.82) is 0 Å². The Hall–Kier alpha value is -1.45. The topological polar surface area (TPSA) is 111 Å². The van der Waals surface area contributed by atoms with Crippen molar-refractivity contribution in [2.24, 2.45) is 0 Å². The Morgan fingerprint density at radius 1 is 1.60 bits per heavy atom. The summed E-state index contributed by atoms with van der Waals surface area (Å²) in [5.74, 6) is -0.744. The number of aryl methyl sites for hydroxylation is 2. The number of nitrogens with one attached hydrogen (secondary N) is 1. The monoisotopic (exact) mass is 305 g/mol. The number of imidazole rings is 1. The summed E-state index contributed by atoms with van der Waals surface area (Å²) in [4.78, 5) is 14.9. The fourth-order valence-electron chi connectivity index (χ4n) is 1.65. The smallest absolute Gasteiger partial charge is 0.324 e. The number of carbonyl (C=O) groups is 1. The van der Waals surface area contributed by atoms with Crippen LogP contribution >= 0.6 is 0 Å². The van der Waals surface area contributed by atoms with Gasteiger partial charge in [-0.15, -0.1) is 0 Å². The summed E-state index contributed by atoms with van der Waals surface area (Å²) in [5, 5.41) is 8.74. The Morgan fingerprint density at radius 3 is 2.75 bits per heavy atom. The minimum Gasteiger partial charge on any atom is -0.480 e. The number of aromatic nitrogens is 2. The van der Waals surface area contributed by atoms with Gasteiger partial charge in [0, 0.05) is 19.9 Å². The van der Waals surface area contributed by atoms with Crippen molar-refractivity contribution in [3.05, 3.63) is 12.0 Å². The first-order chi connectivity index (χ1) is 9.31. The van der Waals surface area contributed by atoms with E-state index in [1.54, 1.807) is 11.5 Å². The molecule has 8 nitrogen and oxygen atoms in total. The maximum Gasteiger partial charge on any atom is 0.324 e. The zero-order valence-electron chi connectivity index (χ0n) is 11.7. The average Bonchev–Trinajstić information content (AvgIpc) is 2.71. The van der Waals surface area contributed by atoms with Crippen LogP contribution in [0.3, 0.4) is 0 Å². The van der Waals surface area contributed by atoms with Crippen LogP contribution in [0.4, 0.5) is 0 Å². The van der Waals surface area contributed by atoms with Crippen molar-refractivity contribution in [3.8, 4) is 0 Å². The molecule has 1 rings (SSSR count). The molecule has 0 saturated carbocycles. The first-order valence-corrected chi connectivity index (χ1v) is 7.58. The van der Waals surface area contributed by atoms with Crippen molar-refractivity contribution in [3.63, 3.8) is 0 Å². The molecular weight excluding hydrogens is 286 g/mol. The van der Waals surface area contributed by atoms with Crippen molar-refractivity contribution < 1.29 is 23.1 Å². The van der Waals surface area contributed by atoms with E-state index in [9.17, 15) is 13.2 Å². The van der Waals surface area contributed by atoms with Crippen LogP contribution in [0, 0.1) is 6.92 Å². The van der Waals surface area contributed by atoms with E-state index < -0.39 is 22.0 Å². The Morgan fingerprint density at radius 2 is 2.25 bits per heavy atom. The van der Waals surface area contributed by atoms with E-state index in [-0.39, 0.29) is 11.6 Å². The number of aliphatic carboxylic acids is 1. The van der Waals surface area contributed by atoms with E-state index in [0.717, 1.165) is 6.42 Å². The van der Waals surface area contributed by atoms with Crippen LogP contribution in [0.2, 0.25) is 0 Å². The highest BCUT2D eigenvalue weighted by molar-refractivity contribution is 7.89. The lowest BCUT2D eigenvalue weighted by Crippen LogP contribution is -2.43. The molecule has 0 aliphatic rings. The molecule has 1 atom stereocenters. The SMILES string of the molecule is CCCn1cc(S(=O)(=O)NC(COC)C(=O)O)nc1C. The van der Waals surface area contributed by atoms with Crippen molar-refractivity contribution in [2.45, 2.75) is 37.9 Å². The van der Waals surface area contributed by atoms with E-state index in [2.05, 4.69) is 14.4 Å². The fourth-order valence-corrected chi connectivity index (χ4v) is 2.83. The molecule has 0 saturated heterocycles. The fraction of sp³-hybridized carbons (Fsp3) is 0.636. The zero-order chi connectivity index (χ0) is 15.3. The maximum absolute atomic E-state index is 12.1. The Bertz CT molecular complexity index is 567. The van der Waals surface area contributed by atoms with Crippen LogP contribution in [0.5, 0.6) is 0 Å². The number of methoxy groups -OCH3 is 1. The molecule has 0 bridgehead atoms. The van der Waals surface area contributed by atoms with E-state index in [1.807, 2.05) is 6.92 Å². The summed E-state index contributed by atoms with van der Waals surface area (Å²) in [6, 6.07) is -1.35. The third-order valence-corrected chi connectivity index (χ3v) is 3.96. The molecule has 0 fully saturated rings. The summed E-state index contributed by atoms with van der Waals surface area (Å²) < 4.78 is 32.6. The van der Waals surface area contributed by atoms with E-state index in [1.165, 1.54) is 13.3 Å². The molecule has 2 N–H and O–H groups in total. The van der Waals surface area contributed by atoms with Gasteiger partial charge in [0.1, 0.15) is 11.9 Å². The molecule has 0 aliphatic heterocycles. The Balaban J connectivity index is 2.98. The number of hydrogen-bond acceptors (Lipinski definition) is 5. The van der Waals surface area contributed by atoms with Crippen molar-refractivity contribution >= 4 is 16.0 Å². The zero-order valence-corrected chi connectivity index (χ0v) is 12.5. The highest BCUT2D eigenvalue weighted by atomic mass is 32.2. The van der Waals surface area contributed by atoms with E-state index >= 15 is 0 Å². The molecule has 1 heterocycles. The molecule has 0 amide bonds. The minimum atomic E-state index is -3.99. The highest BCUT2D eigenvalue weighted by Crippen LogP contribution is 2.10. The second-order valence-electron chi connectivity index (χ2n) is 4.29. The summed E-state index contributed by atoms with van der Waals surface area (Å²) in [7, 11) is -2.69. The van der Waals surface area contributed by atoms with Gasteiger partial charge in [-0.3, -0.25) is 4.79 Å². The van der Waals surface area contributed by atoms with E-state index in [4.69, 9.17) is 5.11 Å². The lowest BCUT2D eigenvalue weighted by molar-refractivity contribution is -0.140. The summed E-state index contributed by atoms with van der Waals surface area (Å²) in [6.45, 7) is 4.04. The standard InChI is InChI=1S/C11H19N3O5S/c1-4-5-14-6-10(12-8(14)2)20(17,18)13-9(7-19-3)11(15)16/h6,9,13H,4-5,7H2,1-3H3,(H,15,16). The third-order valence-electron chi connectivity index (χ3n) is 2.62. The Labute approximate surface area is 117 Å². The van der Waals surface area contributed by atoms with Crippen LogP contribution < -0.4 is 4.72 Å². The molecule has 1 aromatic rings. The van der Waals surface area contributed by atoms with Gasteiger partial charge >= 0.3 is 5.97 Å². The van der Waals surface area contributed by atoms with Gasteiger partial charge in [-0.25, -0.2) is 13.4 Å². The molecule has 20 heavy (non-hydrogen) atoms. The van der Waals surface area contributed by atoms with Crippen LogP contribution in [-0.2, 0) is 26.1 Å². The number of rotatable bonds is 8. The molecular formula is C11H19N3O5S. The second kappa shape index (κ2) is 6.82. The minimum absolute atomic E-state index is 0.189. The van der Waals surface area contributed by atoms with E-state index in [0.29, 0.717) is 12.4 Å². The molecule has 1 unspecified atom stereocenters. The number of sulfonamides is 1. The van der Waals surface area contributed by atoms with Gasteiger partial charge < -0.3 is 14.4 Å². The molecule has 0 radical (unpaired) electrons. The number of ether oxygens (including phenoxy) is 1. The number of carboxylic acids is 1. The number of nitrogens with zero attached hydrogens (tertiary/aromatic N) is 2. The molecule has 1 aromatic heterocycles. The molecule has 0 aliphatic carbocycles. The van der Waals surface area contributed by atoms with Gasteiger partial charge in [0.2, 0.25) is 0 Å². The lowest BCUT2D eigenvalue weighted by atomic mass is 10.3. The number of carboxylic acid groups (broad SMARTS) is 1. The molecule has 0 aromatic carbocycles. The van der Waals surface area contributed by atoms with Gasteiger partial charge in [-0.2, -0.15) is 4.72 Å². The first kappa shape index (κ1) is 16.6. The predicted molar refractivity (Wildman–Crippen MR) is 70.9 cm³/mol. The second-order valence-corrected chi connectivity index (χ2v) is 5.95. The van der Waals surface area contributed by atoms with Gasteiger partial charge in [-0.1, -0.05) is 6.92 Å². The number of hydrogen-bond donors (Lipinski definition) is 2. The quantitative estimate of drug-likeness (QED) is 0.698. The van der Waals surface area contributed by atoms with Crippen LogP contribution in [0.25, 0.3) is 0 Å². The van der Waals surface area contributed by atoms with Crippen LogP contribution in [-0.4, -0.2) is 48.8 Å². The molecule has 9 heteroatoms.